The molecule has 1 aromatic heterocycles. The monoisotopic (exact) mass is 502 g/mol. The van der Waals surface area contributed by atoms with Crippen LogP contribution in [-0.4, -0.2) is 43.8 Å². The molecule has 160 valence electrons. The zero-order valence-corrected chi connectivity index (χ0v) is 20.0. The first-order valence-corrected chi connectivity index (χ1v) is 12.4. The number of sulfone groups is 1. The maximum absolute atomic E-state index is 12.4. The maximum atomic E-state index is 12.4. The highest BCUT2D eigenvalue weighted by atomic mass is 79.9. The van der Waals surface area contributed by atoms with Crippen molar-refractivity contribution in [3.8, 4) is 17.0 Å². The van der Waals surface area contributed by atoms with Crippen LogP contribution in [0.25, 0.3) is 11.3 Å². The Bertz CT molecular complexity index is 976. The Morgan fingerprint density at radius 2 is 2.00 bits per heavy atom. The van der Waals surface area contributed by atoms with Gasteiger partial charge in [0.1, 0.15) is 5.75 Å². The molecule has 4 rings (SSSR count). The van der Waals surface area contributed by atoms with Crippen LogP contribution in [0.4, 0.5) is 0 Å². The molecule has 2 saturated heterocycles. The van der Waals surface area contributed by atoms with E-state index in [0.29, 0.717) is 27.2 Å². The number of H-pyrrole nitrogens is 1. The van der Waals surface area contributed by atoms with E-state index < -0.39 is 9.84 Å². The predicted molar refractivity (Wildman–Crippen MR) is 122 cm³/mol. The zero-order valence-electron chi connectivity index (χ0n) is 16.8. The van der Waals surface area contributed by atoms with Gasteiger partial charge in [0.2, 0.25) is 0 Å². The normalized spacial score (nSPS) is 22.2. The van der Waals surface area contributed by atoms with E-state index in [-0.39, 0.29) is 18.2 Å². The van der Waals surface area contributed by atoms with Gasteiger partial charge in [-0.1, -0.05) is 13.3 Å². The van der Waals surface area contributed by atoms with Gasteiger partial charge < -0.3 is 9.72 Å². The second-order valence-electron chi connectivity index (χ2n) is 7.70. The molecule has 2 aliphatic heterocycles. The molecule has 0 spiro atoms. The molecular formula is C21H28BrClN2O3S. The van der Waals surface area contributed by atoms with Crippen LogP contribution in [0.1, 0.15) is 50.8 Å². The highest BCUT2D eigenvalue weighted by Gasteiger charge is 2.36. The SMILES string of the molecule is CCS(=O)(=O)c1cc(Br)c(OC)c(-c2ccc(C3CCC4CCCCN43)[nH]2)c1.Cl. The van der Waals surface area contributed by atoms with Crippen LogP contribution in [0, 0.1) is 0 Å². The number of ether oxygens (including phenoxy) is 1. The van der Waals surface area contributed by atoms with Crippen molar-refractivity contribution in [2.45, 2.75) is 56.0 Å². The quantitative estimate of drug-likeness (QED) is 0.597. The topological polar surface area (TPSA) is 62.4 Å². The number of halogens is 2. The van der Waals surface area contributed by atoms with Crippen molar-refractivity contribution in [1.82, 2.24) is 9.88 Å². The third kappa shape index (κ3) is 4.24. The van der Waals surface area contributed by atoms with Gasteiger partial charge in [-0.05, 0) is 72.4 Å². The summed E-state index contributed by atoms with van der Waals surface area (Å²) in [4.78, 5) is 6.52. The first-order chi connectivity index (χ1) is 13.4. The van der Waals surface area contributed by atoms with Gasteiger partial charge in [0.25, 0.3) is 0 Å². The lowest BCUT2D eigenvalue weighted by atomic mass is 10.0. The van der Waals surface area contributed by atoms with E-state index >= 15 is 0 Å². The third-order valence-corrected chi connectivity index (χ3v) is 8.47. The van der Waals surface area contributed by atoms with Crippen molar-refractivity contribution in [2.75, 3.05) is 19.4 Å². The van der Waals surface area contributed by atoms with Crippen LogP contribution >= 0.6 is 28.3 Å². The number of aromatic amines is 1. The second kappa shape index (κ2) is 9.00. The second-order valence-corrected chi connectivity index (χ2v) is 10.8. The molecule has 0 saturated carbocycles. The van der Waals surface area contributed by atoms with E-state index in [4.69, 9.17) is 4.74 Å². The summed E-state index contributed by atoms with van der Waals surface area (Å²) in [5.41, 5.74) is 2.87. The summed E-state index contributed by atoms with van der Waals surface area (Å²) in [6, 6.07) is 8.67. The summed E-state index contributed by atoms with van der Waals surface area (Å²) < 4.78 is 31.1. The summed E-state index contributed by atoms with van der Waals surface area (Å²) in [6.07, 6.45) is 6.36. The van der Waals surface area contributed by atoms with Gasteiger partial charge in [0, 0.05) is 23.0 Å². The van der Waals surface area contributed by atoms with Crippen molar-refractivity contribution < 1.29 is 13.2 Å². The number of methoxy groups -OCH3 is 1. The molecule has 2 aromatic rings. The van der Waals surface area contributed by atoms with Crippen LogP contribution in [0.5, 0.6) is 5.75 Å². The van der Waals surface area contributed by atoms with E-state index in [1.807, 2.05) is 6.07 Å². The zero-order chi connectivity index (χ0) is 19.9. The van der Waals surface area contributed by atoms with Crippen LogP contribution in [0.2, 0.25) is 0 Å². The number of nitrogens with zero attached hydrogens (tertiary/aromatic N) is 1. The summed E-state index contributed by atoms with van der Waals surface area (Å²) >= 11 is 3.48. The van der Waals surface area contributed by atoms with E-state index in [0.717, 1.165) is 11.3 Å². The molecule has 2 unspecified atom stereocenters. The molecule has 8 heteroatoms. The fourth-order valence-corrected chi connectivity index (χ4v) is 6.38. The smallest absolute Gasteiger partial charge is 0.178 e. The molecule has 29 heavy (non-hydrogen) atoms. The van der Waals surface area contributed by atoms with E-state index in [1.54, 1.807) is 26.2 Å². The molecule has 1 aromatic carbocycles. The number of piperidine rings is 1. The molecule has 0 amide bonds. The van der Waals surface area contributed by atoms with Crippen molar-refractivity contribution >= 4 is 38.2 Å². The number of nitrogens with one attached hydrogen (secondary N) is 1. The summed E-state index contributed by atoms with van der Waals surface area (Å²) in [7, 11) is -1.70. The predicted octanol–water partition coefficient (Wildman–Crippen LogP) is 5.36. The molecule has 2 atom stereocenters. The van der Waals surface area contributed by atoms with Gasteiger partial charge in [-0.25, -0.2) is 8.42 Å². The highest BCUT2D eigenvalue weighted by Crippen LogP contribution is 2.42. The lowest BCUT2D eigenvalue weighted by Crippen LogP contribution is -2.35. The Labute approximate surface area is 187 Å². The van der Waals surface area contributed by atoms with Crippen molar-refractivity contribution in [3.05, 3.63) is 34.4 Å². The first-order valence-electron chi connectivity index (χ1n) is 10.00. The van der Waals surface area contributed by atoms with E-state index in [2.05, 4.69) is 31.9 Å². The lowest BCUT2D eigenvalue weighted by molar-refractivity contribution is 0.148. The van der Waals surface area contributed by atoms with Crippen molar-refractivity contribution in [3.63, 3.8) is 0 Å². The van der Waals surface area contributed by atoms with Crippen molar-refractivity contribution in [2.24, 2.45) is 0 Å². The third-order valence-electron chi connectivity index (χ3n) is 6.16. The Balaban J connectivity index is 0.00000240. The Morgan fingerprint density at radius 1 is 1.21 bits per heavy atom. The maximum Gasteiger partial charge on any atom is 0.178 e. The summed E-state index contributed by atoms with van der Waals surface area (Å²) in [5.74, 6) is 0.713. The fourth-order valence-electron chi connectivity index (χ4n) is 4.68. The molecular weight excluding hydrogens is 476 g/mol. The molecule has 1 N–H and O–H groups in total. The largest absolute Gasteiger partial charge is 0.495 e. The summed E-state index contributed by atoms with van der Waals surface area (Å²) in [6.45, 7) is 2.83. The minimum absolute atomic E-state index is 0. The number of hydrogen-bond donors (Lipinski definition) is 1. The van der Waals surface area contributed by atoms with Crippen LogP contribution in [0.15, 0.2) is 33.6 Å². The fraction of sp³-hybridized carbons (Fsp3) is 0.524. The molecule has 2 aliphatic rings. The van der Waals surface area contributed by atoms with E-state index in [1.165, 1.54) is 44.3 Å². The molecule has 0 radical (unpaired) electrons. The average Bonchev–Trinajstić information content (AvgIpc) is 3.34. The molecule has 5 nitrogen and oxygen atoms in total. The van der Waals surface area contributed by atoms with Crippen LogP contribution in [0.3, 0.4) is 0 Å². The molecule has 0 bridgehead atoms. The Hall–Kier alpha value is -1.02. The Kier molecular flexibility index (Phi) is 7.03. The Morgan fingerprint density at radius 3 is 2.72 bits per heavy atom. The van der Waals surface area contributed by atoms with Gasteiger partial charge in [0.15, 0.2) is 9.84 Å². The van der Waals surface area contributed by atoms with Gasteiger partial charge in [-0.2, -0.15) is 0 Å². The highest BCUT2D eigenvalue weighted by molar-refractivity contribution is 9.10. The van der Waals surface area contributed by atoms with Crippen LogP contribution < -0.4 is 4.74 Å². The lowest BCUT2D eigenvalue weighted by Gasteiger charge is -2.33. The van der Waals surface area contributed by atoms with Gasteiger partial charge in [0.05, 0.1) is 28.3 Å². The average molecular weight is 504 g/mol. The minimum Gasteiger partial charge on any atom is -0.495 e. The standard InChI is InChI=1S/C21H27BrN2O3S.ClH/c1-3-28(25,26)15-12-16(21(27-2)17(22)13-15)18-8-9-19(23-18)20-10-7-14-6-4-5-11-24(14)20;/h8-9,12-14,20,23H,3-7,10-11H2,1-2H3;1H. The molecule has 3 heterocycles. The number of rotatable bonds is 5. The number of aromatic nitrogens is 1. The van der Waals surface area contributed by atoms with Gasteiger partial charge in [-0.3, -0.25) is 4.90 Å². The first kappa shape index (κ1) is 22.7. The van der Waals surface area contributed by atoms with E-state index in [9.17, 15) is 8.42 Å². The number of fused-ring (bicyclic) bond motifs is 1. The van der Waals surface area contributed by atoms with Gasteiger partial charge >= 0.3 is 0 Å². The minimum atomic E-state index is -3.31. The van der Waals surface area contributed by atoms with Crippen molar-refractivity contribution in [1.29, 1.82) is 0 Å². The number of hydrogen-bond acceptors (Lipinski definition) is 4. The molecule has 2 fully saturated rings. The van der Waals surface area contributed by atoms with Crippen LogP contribution in [-0.2, 0) is 9.84 Å². The van der Waals surface area contributed by atoms with Gasteiger partial charge in [-0.15, -0.1) is 12.4 Å². The number of benzene rings is 1. The molecule has 0 aliphatic carbocycles. The summed E-state index contributed by atoms with van der Waals surface area (Å²) in [5, 5.41) is 0.